The van der Waals surface area contributed by atoms with Crippen molar-refractivity contribution >= 4 is 28.8 Å². The van der Waals surface area contributed by atoms with E-state index in [1.54, 1.807) is 20.1 Å². The van der Waals surface area contributed by atoms with Gasteiger partial charge in [-0.15, -0.1) is 11.3 Å². The summed E-state index contributed by atoms with van der Waals surface area (Å²) in [5.74, 6) is 0.258. The third-order valence-electron chi connectivity index (χ3n) is 2.64. The van der Waals surface area contributed by atoms with Gasteiger partial charge in [0, 0.05) is 18.5 Å². The largest absolute Gasteiger partial charge is 0.374 e. The highest BCUT2D eigenvalue weighted by Gasteiger charge is 2.17. The van der Waals surface area contributed by atoms with Crippen LogP contribution >= 0.6 is 22.9 Å². The zero-order valence-electron chi connectivity index (χ0n) is 10.5. The smallest absolute Gasteiger partial charge is 0.256 e. The van der Waals surface area contributed by atoms with Gasteiger partial charge in [0.1, 0.15) is 17.4 Å². The van der Waals surface area contributed by atoms with E-state index >= 15 is 0 Å². The molecule has 0 unspecified atom stereocenters. The van der Waals surface area contributed by atoms with E-state index in [1.807, 2.05) is 6.07 Å². The van der Waals surface area contributed by atoms with E-state index in [9.17, 15) is 4.79 Å². The second-order valence-corrected chi connectivity index (χ2v) is 5.62. The van der Waals surface area contributed by atoms with Crippen LogP contribution in [0.25, 0.3) is 0 Å². The molecule has 7 heteroatoms. The van der Waals surface area contributed by atoms with Crippen molar-refractivity contribution in [2.24, 2.45) is 0 Å². The molecule has 1 atom stereocenters. The standard InChI is InChI=1S/C12H13ClN2O3S/c1-7-8(5-15-18-7)12(16)14-6-9(17-2)10-3-4-11(13)19-10/h3-5,9H,6H2,1-2H3,(H,14,16)/t9-/m0/s1. The molecular formula is C12H13ClN2O3S. The molecule has 0 aliphatic heterocycles. The molecule has 0 fully saturated rings. The van der Waals surface area contributed by atoms with Crippen LogP contribution in [0.15, 0.2) is 22.9 Å². The van der Waals surface area contributed by atoms with Gasteiger partial charge >= 0.3 is 0 Å². The summed E-state index contributed by atoms with van der Waals surface area (Å²) in [6.45, 7) is 2.05. The Hall–Kier alpha value is -1.37. The summed E-state index contributed by atoms with van der Waals surface area (Å²) in [4.78, 5) is 12.9. The molecular weight excluding hydrogens is 288 g/mol. The number of nitrogens with one attached hydrogen (secondary N) is 1. The minimum atomic E-state index is -0.233. The van der Waals surface area contributed by atoms with E-state index in [0.717, 1.165) is 4.88 Å². The molecule has 102 valence electrons. The number of halogens is 1. The summed E-state index contributed by atoms with van der Waals surface area (Å²) >= 11 is 7.31. The Morgan fingerprint density at radius 2 is 2.42 bits per heavy atom. The average Bonchev–Trinajstić information content (AvgIpc) is 2.99. The van der Waals surface area contributed by atoms with Crippen molar-refractivity contribution in [2.45, 2.75) is 13.0 Å². The van der Waals surface area contributed by atoms with Gasteiger partial charge in [-0.3, -0.25) is 4.79 Å². The number of thiophene rings is 1. The molecule has 0 aromatic carbocycles. The second kappa shape index (κ2) is 6.18. The van der Waals surface area contributed by atoms with Gasteiger partial charge in [-0.05, 0) is 19.1 Å². The topological polar surface area (TPSA) is 64.4 Å². The zero-order valence-corrected chi connectivity index (χ0v) is 12.0. The maximum Gasteiger partial charge on any atom is 0.256 e. The molecule has 1 amide bonds. The van der Waals surface area contributed by atoms with E-state index in [2.05, 4.69) is 10.5 Å². The fourth-order valence-electron chi connectivity index (χ4n) is 1.60. The normalized spacial score (nSPS) is 12.4. The summed E-state index contributed by atoms with van der Waals surface area (Å²) < 4.78 is 10.9. The number of aromatic nitrogens is 1. The van der Waals surface area contributed by atoms with E-state index < -0.39 is 0 Å². The quantitative estimate of drug-likeness (QED) is 0.922. The van der Waals surface area contributed by atoms with E-state index in [4.69, 9.17) is 20.9 Å². The average molecular weight is 301 g/mol. The van der Waals surface area contributed by atoms with Crippen molar-refractivity contribution in [2.75, 3.05) is 13.7 Å². The van der Waals surface area contributed by atoms with Gasteiger partial charge < -0.3 is 14.6 Å². The van der Waals surface area contributed by atoms with Crippen molar-refractivity contribution in [3.63, 3.8) is 0 Å². The molecule has 0 aliphatic carbocycles. The number of aryl methyl sites for hydroxylation is 1. The second-order valence-electron chi connectivity index (χ2n) is 3.87. The minimum absolute atomic E-state index is 0.221. The Morgan fingerprint density at radius 3 is 2.95 bits per heavy atom. The molecule has 2 aromatic rings. The molecule has 19 heavy (non-hydrogen) atoms. The number of amides is 1. The third kappa shape index (κ3) is 3.34. The van der Waals surface area contributed by atoms with Gasteiger partial charge in [0.25, 0.3) is 5.91 Å². The number of methoxy groups -OCH3 is 1. The Labute approximate surface area is 119 Å². The lowest BCUT2D eigenvalue weighted by Gasteiger charge is -2.14. The first-order chi connectivity index (χ1) is 9.11. The van der Waals surface area contributed by atoms with Crippen molar-refractivity contribution in [3.05, 3.63) is 38.9 Å². The molecule has 0 bridgehead atoms. The number of carbonyl (C=O) groups is 1. The summed E-state index contributed by atoms with van der Waals surface area (Å²) in [5, 5.41) is 6.35. The number of nitrogens with zero attached hydrogens (tertiary/aromatic N) is 1. The molecule has 0 spiro atoms. The first kappa shape index (κ1) is 14.0. The van der Waals surface area contributed by atoms with Crippen molar-refractivity contribution in [1.29, 1.82) is 0 Å². The maximum atomic E-state index is 11.9. The molecule has 0 saturated carbocycles. The highest BCUT2D eigenvalue weighted by Crippen LogP contribution is 2.28. The number of rotatable bonds is 5. The molecule has 2 rings (SSSR count). The Bertz CT molecular complexity index is 567. The number of ether oxygens (including phenoxy) is 1. The third-order valence-corrected chi connectivity index (χ3v) is 3.96. The van der Waals surface area contributed by atoms with Crippen LogP contribution in [0.5, 0.6) is 0 Å². The molecule has 1 N–H and O–H groups in total. The molecule has 0 radical (unpaired) electrons. The van der Waals surface area contributed by atoms with Crippen LogP contribution in [-0.4, -0.2) is 24.7 Å². The number of carbonyl (C=O) groups excluding carboxylic acids is 1. The highest BCUT2D eigenvalue weighted by molar-refractivity contribution is 7.16. The SMILES string of the molecule is CO[C@@H](CNC(=O)c1cnoc1C)c1ccc(Cl)s1. The molecule has 2 aromatic heterocycles. The van der Waals surface area contributed by atoms with Crippen LogP contribution in [-0.2, 0) is 4.74 Å². The van der Waals surface area contributed by atoms with Gasteiger partial charge in [-0.25, -0.2) is 0 Å². The van der Waals surface area contributed by atoms with Gasteiger partial charge in [-0.1, -0.05) is 16.8 Å². The maximum absolute atomic E-state index is 11.9. The number of hydrogen-bond donors (Lipinski definition) is 1. The summed E-state index contributed by atoms with van der Waals surface area (Å²) in [6, 6.07) is 3.69. The Kier molecular flexibility index (Phi) is 4.57. The van der Waals surface area contributed by atoms with Gasteiger partial charge in [0.15, 0.2) is 0 Å². The van der Waals surface area contributed by atoms with Crippen molar-refractivity contribution < 1.29 is 14.1 Å². The predicted molar refractivity (Wildman–Crippen MR) is 72.7 cm³/mol. The van der Waals surface area contributed by atoms with E-state index in [1.165, 1.54) is 17.5 Å². The summed E-state index contributed by atoms with van der Waals surface area (Å²) in [7, 11) is 1.59. The highest BCUT2D eigenvalue weighted by atomic mass is 35.5. The molecule has 0 aliphatic rings. The van der Waals surface area contributed by atoms with Crippen LogP contribution in [0.4, 0.5) is 0 Å². The fraction of sp³-hybridized carbons (Fsp3) is 0.333. The fourth-order valence-corrected chi connectivity index (χ4v) is 2.74. The molecule has 2 heterocycles. The van der Waals surface area contributed by atoms with E-state index in [0.29, 0.717) is 22.2 Å². The van der Waals surface area contributed by atoms with Crippen LogP contribution in [0.1, 0.15) is 27.1 Å². The lowest BCUT2D eigenvalue weighted by molar-refractivity contribution is 0.0836. The van der Waals surface area contributed by atoms with Crippen LogP contribution in [0.3, 0.4) is 0 Å². The Morgan fingerprint density at radius 1 is 1.63 bits per heavy atom. The Balaban J connectivity index is 1.97. The lowest BCUT2D eigenvalue weighted by atomic mass is 10.2. The monoisotopic (exact) mass is 300 g/mol. The predicted octanol–water partition coefficient (Wildman–Crippen LogP) is 2.82. The van der Waals surface area contributed by atoms with Crippen molar-refractivity contribution in [3.8, 4) is 0 Å². The first-order valence-corrected chi connectivity index (χ1v) is 6.78. The van der Waals surface area contributed by atoms with Crippen LogP contribution in [0.2, 0.25) is 4.34 Å². The molecule has 5 nitrogen and oxygen atoms in total. The first-order valence-electron chi connectivity index (χ1n) is 5.59. The van der Waals surface area contributed by atoms with E-state index in [-0.39, 0.29) is 12.0 Å². The summed E-state index contributed by atoms with van der Waals surface area (Å²) in [5.41, 5.74) is 0.430. The molecule has 0 saturated heterocycles. The lowest BCUT2D eigenvalue weighted by Crippen LogP contribution is -2.29. The van der Waals surface area contributed by atoms with Gasteiger partial charge in [0.2, 0.25) is 0 Å². The zero-order chi connectivity index (χ0) is 13.8. The van der Waals surface area contributed by atoms with Crippen LogP contribution < -0.4 is 5.32 Å². The minimum Gasteiger partial charge on any atom is -0.374 e. The van der Waals surface area contributed by atoms with Crippen LogP contribution in [0, 0.1) is 6.92 Å². The number of hydrogen-bond acceptors (Lipinski definition) is 5. The summed E-state index contributed by atoms with van der Waals surface area (Å²) in [6.07, 6.45) is 1.18. The van der Waals surface area contributed by atoms with Crippen molar-refractivity contribution in [1.82, 2.24) is 10.5 Å². The van der Waals surface area contributed by atoms with Gasteiger partial charge in [-0.2, -0.15) is 0 Å². The van der Waals surface area contributed by atoms with Gasteiger partial charge in [0.05, 0.1) is 10.5 Å².